The molecule has 0 aliphatic carbocycles. The van der Waals surface area contributed by atoms with Crippen molar-refractivity contribution < 1.29 is 14.6 Å². The largest absolute Gasteiger partial charge is 0.496 e. The Labute approximate surface area is 87.7 Å². The van der Waals surface area contributed by atoms with Crippen LogP contribution in [0.15, 0.2) is 12.1 Å². The number of carboxylic acid groups (broad SMARTS) is 1. The first kappa shape index (κ1) is 11.1. The van der Waals surface area contributed by atoms with Crippen molar-refractivity contribution in [3.63, 3.8) is 0 Å². The van der Waals surface area contributed by atoms with Gasteiger partial charge in [-0.25, -0.2) is 4.79 Å². The van der Waals surface area contributed by atoms with Crippen LogP contribution >= 0.6 is 0 Å². The number of rotatable bonds is 3. The lowest BCUT2D eigenvalue weighted by molar-refractivity contribution is 0.0695. The van der Waals surface area contributed by atoms with Crippen molar-refractivity contribution in [3.05, 3.63) is 28.8 Å². The fourth-order valence-corrected chi connectivity index (χ4v) is 1.51. The van der Waals surface area contributed by atoms with Crippen molar-refractivity contribution in [2.24, 2.45) is 0 Å². The maximum atomic E-state index is 11.0. The molecule has 0 aliphatic heterocycles. The monoisotopic (exact) mass is 205 g/mol. The molecule has 4 nitrogen and oxygen atoms in total. The molecule has 0 atom stereocenters. The maximum Gasteiger partial charge on any atom is 0.337 e. The van der Waals surface area contributed by atoms with Gasteiger partial charge in [0.05, 0.1) is 18.2 Å². The predicted molar refractivity (Wildman–Crippen MR) is 54.0 cm³/mol. The molecule has 0 unspecified atom stereocenters. The van der Waals surface area contributed by atoms with E-state index in [0.29, 0.717) is 17.7 Å². The lowest BCUT2D eigenvalue weighted by atomic mass is 9.99. The quantitative estimate of drug-likeness (QED) is 0.817. The van der Waals surface area contributed by atoms with Gasteiger partial charge >= 0.3 is 5.97 Å². The van der Waals surface area contributed by atoms with Crippen LogP contribution in [0, 0.1) is 11.3 Å². The van der Waals surface area contributed by atoms with Gasteiger partial charge in [0.1, 0.15) is 11.8 Å². The number of benzene rings is 1. The topological polar surface area (TPSA) is 70.3 Å². The second-order valence-electron chi connectivity index (χ2n) is 2.94. The average Bonchev–Trinajstić information content (AvgIpc) is 2.26. The van der Waals surface area contributed by atoms with Gasteiger partial charge in [-0.05, 0) is 18.6 Å². The third kappa shape index (κ3) is 1.91. The Morgan fingerprint density at radius 1 is 1.60 bits per heavy atom. The highest BCUT2D eigenvalue weighted by Crippen LogP contribution is 2.25. The van der Waals surface area contributed by atoms with E-state index in [1.807, 2.05) is 13.0 Å². The lowest BCUT2D eigenvalue weighted by Crippen LogP contribution is -2.07. The zero-order chi connectivity index (χ0) is 11.4. The van der Waals surface area contributed by atoms with Gasteiger partial charge in [0.15, 0.2) is 0 Å². The number of ether oxygens (including phenoxy) is 1. The number of nitrogens with zero attached hydrogens (tertiary/aromatic N) is 1. The Morgan fingerprint density at radius 3 is 2.67 bits per heavy atom. The lowest BCUT2D eigenvalue weighted by Gasteiger charge is -2.10. The summed E-state index contributed by atoms with van der Waals surface area (Å²) in [5.41, 5.74) is 0.767. The van der Waals surface area contributed by atoms with E-state index in [1.54, 1.807) is 6.07 Å². The van der Waals surface area contributed by atoms with Gasteiger partial charge in [0.25, 0.3) is 0 Å². The van der Waals surface area contributed by atoms with Crippen molar-refractivity contribution in [1.82, 2.24) is 0 Å². The van der Waals surface area contributed by atoms with E-state index in [9.17, 15) is 4.79 Å². The summed E-state index contributed by atoms with van der Waals surface area (Å²) in [6, 6.07) is 4.94. The van der Waals surface area contributed by atoms with E-state index < -0.39 is 5.97 Å². The Bertz CT molecular complexity index is 432. The average molecular weight is 205 g/mol. The molecule has 0 aliphatic rings. The first-order valence-electron chi connectivity index (χ1n) is 4.49. The van der Waals surface area contributed by atoms with Crippen LogP contribution < -0.4 is 4.74 Å². The molecule has 4 heteroatoms. The molecule has 0 amide bonds. The van der Waals surface area contributed by atoms with Gasteiger partial charge in [-0.3, -0.25) is 0 Å². The van der Waals surface area contributed by atoms with E-state index in [0.717, 1.165) is 0 Å². The molecule has 1 rings (SSSR count). The van der Waals surface area contributed by atoms with Crippen LogP contribution in [0.25, 0.3) is 0 Å². The number of aromatic carboxylic acids is 1. The molecule has 0 saturated carbocycles. The summed E-state index contributed by atoms with van der Waals surface area (Å²) >= 11 is 0. The zero-order valence-corrected chi connectivity index (χ0v) is 8.57. The second-order valence-corrected chi connectivity index (χ2v) is 2.94. The maximum absolute atomic E-state index is 11.0. The van der Waals surface area contributed by atoms with Crippen LogP contribution in [0.4, 0.5) is 0 Å². The summed E-state index contributed by atoms with van der Waals surface area (Å²) in [7, 11) is 1.48. The molecule has 1 aromatic carbocycles. The minimum atomic E-state index is -1.10. The van der Waals surface area contributed by atoms with Crippen LogP contribution in [-0.4, -0.2) is 18.2 Å². The highest BCUT2D eigenvalue weighted by molar-refractivity contribution is 5.93. The fourth-order valence-electron chi connectivity index (χ4n) is 1.51. The van der Waals surface area contributed by atoms with Gasteiger partial charge in [-0.15, -0.1) is 0 Å². The summed E-state index contributed by atoms with van der Waals surface area (Å²) in [5.74, 6) is -0.587. The molecule has 78 valence electrons. The second kappa shape index (κ2) is 4.47. The van der Waals surface area contributed by atoms with Crippen molar-refractivity contribution in [3.8, 4) is 11.8 Å². The first-order chi connectivity index (χ1) is 7.15. The molecule has 0 heterocycles. The number of carboxylic acids is 1. The summed E-state index contributed by atoms with van der Waals surface area (Å²) in [6.07, 6.45) is 0.514. The molecule has 0 fully saturated rings. The highest BCUT2D eigenvalue weighted by Gasteiger charge is 2.18. The summed E-state index contributed by atoms with van der Waals surface area (Å²) < 4.78 is 5.05. The first-order valence-corrected chi connectivity index (χ1v) is 4.49. The molecule has 1 N–H and O–H groups in total. The van der Waals surface area contributed by atoms with Gasteiger partial charge in [0, 0.05) is 5.56 Å². The zero-order valence-electron chi connectivity index (χ0n) is 8.57. The standard InChI is InChI=1S/C11H11NO3/c1-3-8-9(15-2)5-4-7(6-12)10(8)11(13)14/h4-5H,3H2,1-2H3,(H,13,14). The van der Waals surface area contributed by atoms with Crippen molar-refractivity contribution in [1.29, 1.82) is 5.26 Å². The van der Waals surface area contributed by atoms with Crippen molar-refractivity contribution in [2.75, 3.05) is 7.11 Å². The normalized spacial score (nSPS) is 9.40. The molecule has 0 radical (unpaired) electrons. The van der Waals surface area contributed by atoms with Crippen molar-refractivity contribution in [2.45, 2.75) is 13.3 Å². The van der Waals surface area contributed by atoms with E-state index in [4.69, 9.17) is 15.1 Å². The van der Waals surface area contributed by atoms with Crippen LogP contribution in [0.5, 0.6) is 5.75 Å². The highest BCUT2D eigenvalue weighted by atomic mass is 16.5. The van der Waals surface area contributed by atoms with Crippen molar-refractivity contribution >= 4 is 5.97 Å². The third-order valence-electron chi connectivity index (χ3n) is 2.18. The van der Waals surface area contributed by atoms with E-state index >= 15 is 0 Å². The number of carbonyl (C=O) groups is 1. The Balaban J connectivity index is 3.53. The minimum Gasteiger partial charge on any atom is -0.496 e. The molecule has 0 aromatic heterocycles. The van der Waals surface area contributed by atoms with Crippen LogP contribution in [0.3, 0.4) is 0 Å². The van der Waals surface area contributed by atoms with Crippen LogP contribution in [0.1, 0.15) is 28.4 Å². The van der Waals surface area contributed by atoms with Gasteiger partial charge in [-0.2, -0.15) is 5.26 Å². The predicted octanol–water partition coefficient (Wildman–Crippen LogP) is 1.83. The Kier molecular flexibility index (Phi) is 3.29. The number of hydrogen-bond acceptors (Lipinski definition) is 3. The van der Waals surface area contributed by atoms with E-state index in [1.165, 1.54) is 13.2 Å². The molecule has 0 saturated heterocycles. The van der Waals surface area contributed by atoms with Crippen LogP contribution in [-0.2, 0) is 6.42 Å². The molecular formula is C11H11NO3. The Hall–Kier alpha value is -2.02. The van der Waals surface area contributed by atoms with E-state index in [2.05, 4.69) is 0 Å². The SMILES string of the molecule is CCc1c(OC)ccc(C#N)c1C(=O)O. The molecular weight excluding hydrogens is 194 g/mol. The molecule has 0 spiro atoms. The third-order valence-corrected chi connectivity index (χ3v) is 2.18. The van der Waals surface area contributed by atoms with Gasteiger partial charge < -0.3 is 9.84 Å². The minimum absolute atomic E-state index is 0.0411. The number of methoxy groups -OCH3 is 1. The number of hydrogen-bond donors (Lipinski definition) is 1. The summed E-state index contributed by atoms with van der Waals surface area (Å²) in [4.78, 5) is 11.0. The summed E-state index contributed by atoms with van der Waals surface area (Å²) in [6.45, 7) is 1.82. The van der Waals surface area contributed by atoms with Gasteiger partial charge in [-0.1, -0.05) is 6.92 Å². The molecule has 15 heavy (non-hydrogen) atoms. The fraction of sp³-hybridized carbons (Fsp3) is 0.273. The van der Waals surface area contributed by atoms with Crippen LogP contribution in [0.2, 0.25) is 0 Å². The molecule has 0 bridgehead atoms. The number of nitriles is 1. The van der Waals surface area contributed by atoms with Gasteiger partial charge in [0.2, 0.25) is 0 Å². The summed E-state index contributed by atoms with van der Waals surface area (Å²) in [5, 5.41) is 17.8. The van der Waals surface area contributed by atoms with E-state index in [-0.39, 0.29) is 11.1 Å². The smallest absolute Gasteiger partial charge is 0.337 e. The molecule has 1 aromatic rings. The Morgan fingerprint density at radius 2 is 2.27 bits per heavy atom.